The van der Waals surface area contributed by atoms with Crippen LogP contribution in [0.4, 0.5) is 5.69 Å². The predicted molar refractivity (Wildman–Crippen MR) is 82.7 cm³/mol. The monoisotopic (exact) mass is 295 g/mol. The minimum Gasteiger partial charge on any atom is -0.478 e. The van der Waals surface area contributed by atoms with Gasteiger partial charge >= 0.3 is 5.97 Å². The van der Waals surface area contributed by atoms with Crippen LogP contribution in [0.25, 0.3) is 0 Å². The summed E-state index contributed by atoms with van der Waals surface area (Å²) in [6.07, 6.45) is 7.24. The van der Waals surface area contributed by atoms with Crippen molar-refractivity contribution >= 4 is 23.3 Å². The van der Waals surface area contributed by atoms with E-state index < -0.39 is 5.97 Å². The highest BCUT2D eigenvalue weighted by molar-refractivity contribution is 6.31. The largest absolute Gasteiger partial charge is 0.478 e. The third-order valence-corrected chi connectivity index (χ3v) is 4.35. The van der Waals surface area contributed by atoms with Crippen molar-refractivity contribution in [2.45, 2.75) is 51.5 Å². The summed E-state index contributed by atoms with van der Waals surface area (Å²) in [5.41, 5.74) is 0.939. The van der Waals surface area contributed by atoms with Gasteiger partial charge in [0.1, 0.15) is 0 Å². The van der Waals surface area contributed by atoms with Gasteiger partial charge in [-0.2, -0.15) is 0 Å². The molecule has 0 saturated heterocycles. The Labute approximate surface area is 125 Å². The third-order valence-electron chi connectivity index (χ3n) is 4.12. The number of benzene rings is 1. The molecule has 1 saturated carbocycles. The fourth-order valence-corrected chi connectivity index (χ4v) is 3.22. The molecule has 0 bridgehead atoms. The lowest BCUT2D eigenvalue weighted by Crippen LogP contribution is -2.26. The van der Waals surface area contributed by atoms with Gasteiger partial charge in [-0.25, -0.2) is 4.79 Å². The maximum Gasteiger partial charge on any atom is 0.337 e. The molecule has 0 aliphatic heterocycles. The molecule has 1 aliphatic carbocycles. The number of rotatable bonds is 5. The van der Waals surface area contributed by atoms with Crippen LogP contribution in [0.1, 0.15) is 55.8 Å². The summed E-state index contributed by atoms with van der Waals surface area (Å²) in [7, 11) is 0. The van der Waals surface area contributed by atoms with Gasteiger partial charge in [-0.05, 0) is 49.8 Å². The normalized spacial score (nSPS) is 22.5. The maximum absolute atomic E-state index is 11.2. The van der Waals surface area contributed by atoms with Crippen LogP contribution in [-0.4, -0.2) is 17.1 Å². The molecule has 3 nitrogen and oxygen atoms in total. The molecule has 2 rings (SSSR count). The standard InChI is InChI=1S/C16H22ClNO2/c1-2-3-11-4-7-13(8-5-11)18-15-10-12(17)6-9-14(15)16(19)20/h6,9-11,13,18H,2-5,7-8H2,1H3,(H,19,20). The van der Waals surface area contributed by atoms with E-state index in [1.165, 1.54) is 25.7 Å². The maximum atomic E-state index is 11.2. The van der Waals surface area contributed by atoms with E-state index >= 15 is 0 Å². The molecular formula is C16H22ClNO2. The van der Waals surface area contributed by atoms with E-state index in [9.17, 15) is 9.90 Å². The van der Waals surface area contributed by atoms with E-state index in [-0.39, 0.29) is 0 Å². The molecule has 1 fully saturated rings. The highest BCUT2D eigenvalue weighted by atomic mass is 35.5. The number of carboxylic acid groups (broad SMARTS) is 1. The Morgan fingerprint density at radius 3 is 2.65 bits per heavy atom. The summed E-state index contributed by atoms with van der Waals surface area (Å²) >= 11 is 5.97. The SMILES string of the molecule is CCCC1CCC(Nc2cc(Cl)ccc2C(=O)O)CC1. The van der Waals surface area contributed by atoms with Crippen LogP contribution in [0, 0.1) is 5.92 Å². The minimum atomic E-state index is -0.913. The molecule has 1 aromatic carbocycles. The van der Waals surface area contributed by atoms with Gasteiger partial charge in [-0.3, -0.25) is 0 Å². The van der Waals surface area contributed by atoms with Gasteiger partial charge in [0, 0.05) is 11.1 Å². The molecule has 0 amide bonds. The third kappa shape index (κ3) is 3.89. The quantitative estimate of drug-likeness (QED) is 0.819. The van der Waals surface area contributed by atoms with Crippen molar-refractivity contribution < 1.29 is 9.90 Å². The summed E-state index contributed by atoms with van der Waals surface area (Å²) in [5, 5.41) is 13.2. The molecule has 0 atom stereocenters. The first-order chi connectivity index (χ1) is 9.60. The minimum absolute atomic E-state index is 0.296. The molecule has 0 heterocycles. The van der Waals surface area contributed by atoms with Gasteiger partial charge in [-0.15, -0.1) is 0 Å². The van der Waals surface area contributed by atoms with Crippen LogP contribution in [0.15, 0.2) is 18.2 Å². The Kier molecular flexibility index (Phi) is 5.30. The fraction of sp³-hybridized carbons (Fsp3) is 0.562. The van der Waals surface area contributed by atoms with Gasteiger partial charge in [0.2, 0.25) is 0 Å². The zero-order valence-corrected chi connectivity index (χ0v) is 12.6. The lowest BCUT2D eigenvalue weighted by molar-refractivity contribution is 0.0698. The van der Waals surface area contributed by atoms with Crippen molar-refractivity contribution in [3.8, 4) is 0 Å². The molecule has 110 valence electrons. The molecule has 4 heteroatoms. The zero-order valence-electron chi connectivity index (χ0n) is 11.9. The molecule has 20 heavy (non-hydrogen) atoms. The van der Waals surface area contributed by atoms with Crippen molar-refractivity contribution in [3.05, 3.63) is 28.8 Å². The Hall–Kier alpha value is -1.22. The highest BCUT2D eigenvalue weighted by Crippen LogP contribution is 2.31. The predicted octanol–water partition coefficient (Wildman–Crippen LogP) is 4.81. The van der Waals surface area contributed by atoms with Gasteiger partial charge in [-0.1, -0.05) is 31.4 Å². The molecular weight excluding hydrogens is 274 g/mol. The van der Waals surface area contributed by atoms with Crippen molar-refractivity contribution in [3.63, 3.8) is 0 Å². The van der Waals surface area contributed by atoms with E-state index in [0.717, 1.165) is 18.8 Å². The molecule has 1 aromatic rings. The summed E-state index contributed by atoms with van der Waals surface area (Å²) in [6.45, 7) is 2.23. The number of anilines is 1. The number of aromatic carboxylic acids is 1. The van der Waals surface area contributed by atoms with Gasteiger partial charge in [0.15, 0.2) is 0 Å². The summed E-state index contributed by atoms with van der Waals surface area (Å²) in [6, 6.07) is 5.26. The zero-order chi connectivity index (χ0) is 14.5. The number of nitrogens with one attached hydrogen (secondary N) is 1. The van der Waals surface area contributed by atoms with E-state index in [4.69, 9.17) is 11.6 Å². The Morgan fingerprint density at radius 1 is 1.35 bits per heavy atom. The second-order valence-corrected chi connectivity index (χ2v) is 6.08. The molecule has 2 N–H and O–H groups in total. The smallest absolute Gasteiger partial charge is 0.337 e. The van der Waals surface area contributed by atoms with Gasteiger partial charge in [0.05, 0.1) is 11.3 Å². The lowest BCUT2D eigenvalue weighted by atomic mass is 9.83. The van der Waals surface area contributed by atoms with E-state index in [1.807, 2.05) is 0 Å². The lowest BCUT2D eigenvalue weighted by Gasteiger charge is -2.30. The molecule has 0 spiro atoms. The van der Waals surface area contributed by atoms with Crippen LogP contribution in [0.2, 0.25) is 5.02 Å². The number of carboxylic acids is 1. The Balaban J connectivity index is 2.00. The molecule has 0 radical (unpaired) electrons. The van der Waals surface area contributed by atoms with E-state index in [2.05, 4.69) is 12.2 Å². The number of hydrogen-bond acceptors (Lipinski definition) is 2. The van der Waals surface area contributed by atoms with Crippen LogP contribution < -0.4 is 5.32 Å². The van der Waals surface area contributed by atoms with Gasteiger partial charge < -0.3 is 10.4 Å². The van der Waals surface area contributed by atoms with Crippen LogP contribution in [0.5, 0.6) is 0 Å². The first kappa shape index (κ1) is 15.2. The van der Waals surface area contributed by atoms with Crippen LogP contribution in [0.3, 0.4) is 0 Å². The summed E-state index contributed by atoms with van der Waals surface area (Å²) in [5.74, 6) is -0.0693. The summed E-state index contributed by atoms with van der Waals surface area (Å²) in [4.78, 5) is 11.2. The second-order valence-electron chi connectivity index (χ2n) is 5.65. The molecule has 0 unspecified atom stereocenters. The highest BCUT2D eigenvalue weighted by Gasteiger charge is 2.22. The Morgan fingerprint density at radius 2 is 2.05 bits per heavy atom. The average molecular weight is 296 g/mol. The van der Waals surface area contributed by atoms with Crippen LogP contribution in [-0.2, 0) is 0 Å². The van der Waals surface area contributed by atoms with Crippen molar-refractivity contribution in [1.82, 2.24) is 0 Å². The van der Waals surface area contributed by atoms with Crippen molar-refractivity contribution in [2.75, 3.05) is 5.32 Å². The van der Waals surface area contributed by atoms with E-state index in [1.54, 1.807) is 18.2 Å². The van der Waals surface area contributed by atoms with Crippen LogP contribution >= 0.6 is 11.6 Å². The van der Waals surface area contributed by atoms with Gasteiger partial charge in [0.25, 0.3) is 0 Å². The number of halogens is 1. The second kappa shape index (κ2) is 6.98. The topological polar surface area (TPSA) is 49.3 Å². The number of hydrogen-bond donors (Lipinski definition) is 2. The summed E-state index contributed by atoms with van der Waals surface area (Å²) < 4.78 is 0. The van der Waals surface area contributed by atoms with Crippen molar-refractivity contribution in [1.29, 1.82) is 0 Å². The van der Waals surface area contributed by atoms with Crippen molar-refractivity contribution in [2.24, 2.45) is 5.92 Å². The fourth-order valence-electron chi connectivity index (χ4n) is 3.05. The van der Waals surface area contributed by atoms with E-state index in [0.29, 0.717) is 22.3 Å². The average Bonchev–Trinajstić information content (AvgIpc) is 2.41. The first-order valence-corrected chi connectivity index (χ1v) is 7.77. The molecule has 1 aliphatic rings. The Bertz CT molecular complexity index is 468. The first-order valence-electron chi connectivity index (χ1n) is 7.39. The molecule has 0 aromatic heterocycles. The number of carbonyl (C=O) groups is 1.